The molecule has 0 spiro atoms. The van der Waals surface area contributed by atoms with Crippen LogP contribution in [0.3, 0.4) is 0 Å². The van der Waals surface area contributed by atoms with Crippen LogP contribution in [0.25, 0.3) is 11.0 Å². The lowest BCUT2D eigenvalue weighted by atomic mass is 10.2. The van der Waals surface area contributed by atoms with Crippen molar-refractivity contribution in [2.45, 2.75) is 25.5 Å². The molecule has 0 bridgehead atoms. The molecule has 0 radical (unpaired) electrons. The number of aromatic nitrogens is 2. The van der Waals surface area contributed by atoms with Crippen molar-refractivity contribution in [3.63, 3.8) is 0 Å². The molecule has 3 rings (SSSR count). The predicted octanol–water partition coefficient (Wildman–Crippen LogP) is 2.50. The number of fused-ring (bicyclic) bond motifs is 1. The van der Waals surface area contributed by atoms with Crippen LogP contribution < -0.4 is 10.1 Å². The molecule has 154 valence electrons. The van der Waals surface area contributed by atoms with Gasteiger partial charge in [0.1, 0.15) is 23.9 Å². The SMILES string of the molecule is CS(=O)(=O)Cc1nc2ccccc2n1CC(=O)NCc1ccc(OC(F)F)cc1. The summed E-state index contributed by atoms with van der Waals surface area (Å²) in [6.07, 6.45) is 1.11. The van der Waals surface area contributed by atoms with E-state index in [1.54, 1.807) is 41.0 Å². The van der Waals surface area contributed by atoms with Crippen LogP contribution in [-0.2, 0) is 33.5 Å². The molecule has 0 unspecified atom stereocenters. The van der Waals surface area contributed by atoms with Crippen molar-refractivity contribution in [3.05, 3.63) is 59.9 Å². The Morgan fingerprint density at radius 2 is 1.86 bits per heavy atom. The van der Waals surface area contributed by atoms with Crippen molar-refractivity contribution in [1.29, 1.82) is 0 Å². The zero-order valence-corrected chi connectivity index (χ0v) is 16.3. The number of alkyl halides is 2. The fraction of sp³-hybridized carbons (Fsp3) is 0.263. The number of halogens is 2. The van der Waals surface area contributed by atoms with E-state index in [1.807, 2.05) is 0 Å². The van der Waals surface area contributed by atoms with Crippen LogP contribution in [-0.4, -0.2) is 36.7 Å². The minimum atomic E-state index is -3.33. The number of imidazole rings is 1. The second-order valence-corrected chi connectivity index (χ2v) is 8.61. The Labute approximate surface area is 166 Å². The third-order valence-electron chi connectivity index (χ3n) is 4.06. The lowest BCUT2D eigenvalue weighted by molar-refractivity contribution is -0.121. The molecule has 3 aromatic rings. The van der Waals surface area contributed by atoms with Gasteiger partial charge in [0, 0.05) is 12.8 Å². The van der Waals surface area contributed by atoms with Crippen LogP contribution in [0.15, 0.2) is 48.5 Å². The van der Waals surface area contributed by atoms with Crippen LogP contribution >= 0.6 is 0 Å². The zero-order chi connectivity index (χ0) is 21.0. The second-order valence-electron chi connectivity index (χ2n) is 6.47. The Kier molecular flexibility index (Phi) is 6.12. The van der Waals surface area contributed by atoms with Gasteiger partial charge in [-0.2, -0.15) is 8.78 Å². The first-order chi connectivity index (χ1) is 13.7. The highest BCUT2D eigenvalue weighted by molar-refractivity contribution is 7.89. The molecule has 29 heavy (non-hydrogen) atoms. The molecule has 1 N–H and O–H groups in total. The highest BCUT2D eigenvalue weighted by Crippen LogP contribution is 2.18. The summed E-state index contributed by atoms with van der Waals surface area (Å²) >= 11 is 0. The Bertz CT molecular complexity index is 1110. The number of carbonyl (C=O) groups excluding carboxylic acids is 1. The van der Waals surface area contributed by atoms with E-state index in [2.05, 4.69) is 15.0 Å². The highest BCUT2D eigenvalue weighted by Gasteiger charge is 2.17. The molecule has 10 heteroatoms. The molecule has 7 nitrogen and oxygen atoms in total. The van der Waals surface area contributed by atoms with Crippen molar-refractivity contribution in [3.8, 4) is 5.75 Å². The molecule has 1 amide bonds. The summed E-state index contributed by atoms with van der Waals surface area (Å²) in [7, 11) is -3.33. The first kappa shape index (κ1) is 20.7. The van der Waals surface area contributed by atoms with Crippen LogP contribution in [0.1, 0.15) is 11.4 Å². The van der Waals surface area contributed by atoms with E-state index in [9.17, 15) is 22.0 Å². The van der Waals surface area contributed by atoms with Crippen LogP contribution in [0.5, 0.6) is 5.75 Å². The van der Waals surface area contributed by atoms with E-state index in [-0.39, 0.29) is 36.3 Å². The maximum absolute atomic E-state index is 12.4. The average molecular weight is 423 g/mol. The number of hydrogen-bond donors (Lipinski definition) is 1. The van der Waals surface area contributed by atoms with E-state index in [0.717, 1.165) is 6.26 Å². The highest BCUT2D eigenvalue weighted by atomic mass is 32.2. The first-order valence-electron chi connectivity index (χ1n) is 8.63. The molecular formula is C19H19F2N3O4S. The van der Waals surface area contributed by atoms with Crippen molar-refractivity contribution in [2.75, 3.05) is 6.26 Å². The van der Waals surface area contributed by atoms with Gasteiger partial charge in [-0.1, -0.05) is 24.3 Å². The van der Waals surface area contributed by atoms with E-state index in [1.165, 1.54) is 12.1 Å². The van der Waals surface area contributed by atoms with Gasteiger partial charge in [-0.15, -0.1) is 0 Å². The number of ether oxygens (including phenoxy) is 1. The Morgan fingerprint density at radius 1 is 1.17 bits per heavy atom. The number of carbonyl (C=O) groups is 1. The summed E-state index contributed by atoms with van der Waals surface area (Å²) in [6.45, 7) is -2.81. The second kappa shape index (κ2) is 8.56. The van der Waals surface area contributed by atoms with Crippen molar-refractivity contribution in [1.82, 2.24) is 14.9 Å². The molecule has 0 aliphatic carbocycles. The summed E-state index contributed by atoms with van der Waals surface area (Å²) in [5.74, 6) is -0.292. The first-order valence-corrected chi connectivity index (χ1v) is 10.7. The van der Waals surface area contributed by atoms with Gasteiger partial charge in [0.15, 0.2) is 9.84 Å². The Morgan fingerprint density at radius 3 is 2.52 bits per heavy atom. The van der Waals surface area contributed by atoms with Gasteiger partial charge in [-0.05, 0) is 29.8 Å². The normalized spacial score (nSPS) is 11.7. The molecule has 0 aliphatic heterocycles. The smallest absolute Gasteiger partial charge is 0.387 e. The molecule has 1 heterocycles. The molecule has 0 atom stereocenters. The third-order valence-corrected chi connectivity index (χ3v) is 4.85. The van der Waals surface area contributed by atoms with Gasteiger partial charge in [0.25, 0.3) is 0 Å². The summed E-state index contributed by atoms with van der Waals surface area (Å²) in [5.41, 5.74) is 1.97. The quantitative estimate of drug-likeness (QED) is 0.601. The number of sulfone groups is 1. The zero-order valence-electron chi connectivity index (χ0n) is 15.5. The number of amides is 1. The van der Waals surface area contributed by atoms with E-state index in [0.29, 0.717) is 16.6 Å². The van der Waals surface area contributed by atoms with E-state index < -0.39 is 16.4 Å². The van der Waals surface area contributed by atoms with E-state index in [4.69, 9.17) is 0 Å². The minimum Gasteiger partial charge on any atom is -0.435 e. The van der Waals surface area contributed by atoms with Gasteiger partial charge in [-0.3, -0.25) is 4.79 Å². The van der Waals surface area contributed by atoms with Crippen LogP contribution in [0.4, 0.5) is 8.78 Å². The fourth-order valence-electron chi connectivity index (χ4n) is 2.84. The number of para-hydroxylation sites is 2. The number of hydrogen-bond acceptors (Lipinski definition) is 5. The Hall–Kier alpha value is -3.01. The topological polar surface area (TPSA) is 90.3 Å². The third kappa shape index (κ3) is 5.74. The van der Waals surface area contributed by atoms with Crippen molar-refractivity contribution >= 4 is 26.8 Å². The van der Waals surface area contributed by atoms with Gasteiger partial charge < -0.3 is 14.6 Å². The van der Waals surface area contributed by atoms with Crippen molar-refractivity contribution < 1.29 is 26.7 Å². The van der Waals surface area contributed by atoms with Crippen LogP contribution in [0, 0.1) is 0 Å². The number of benzene rings is 2. The summed E-state index contributed by atoms with van der Waals surface area (Å²) < 4.78 is 53.6. The van der Waals surface area contributed by atoms with Gasteiger partial charge >= 0.3 is 6.61 Å². The predicted molar refractivity (Wildman–Crippen MR) is 103 cm³/mol. The standard InChI is InChI=1S/C19H19F2N3O4S/c1-29(26,27)12-17-23-15-4-2-3-5-16(15)24(17)11-18(25)22-10-13-6-8-14(9-7-13)28-19(20)21/h2-9,19H,10-12H2,1H3,(H,22,25). The average Bonchev–Trinajstić information content (AvgIpc) is 2.96. The lowest BCUT2D eigenvalue weighted by Gasteiger charge is -2.10. The van der Waals surface area contributed by atoms with Gasteiger partial charge in [0.2, 0.25) is 5.91 Å². The molecular weight excluding hydrogens is 404 g/mol. The molecule has 1 aromatic heterocycles. The van der Waals surface area contributed by atoms with Gasteiger partial charge in [-0.25, -0.2) is 13.4 Å². The molecule has 0 fully saturated rings. The molecule has 2 aromatic carbocycles. The largest absolute Gasteiger partial charge is 0.435 e. The van der Waals surface area contributed by atoms with Gasteiger partial charge in [0.05, 0.1) is 11.0 Å². The molecule has 0 saturated carbocycles. The Balaban J connectivity index is 1.70. The lowest BCUT2D eigenvalue weighted by Crippen LogP contribution is -2.28. The number of nitrogens with zero attached hydrogens (tertiary/aromatic N) is 2. The summed E-state index contributed by atoms with van der Waals surface area (Å²) in [5, 5.41) is 2.73. The maximum Gasteiger partial charge on any atom is 0.387 e. The minimum absolute atomic E-state index is 0.0328. The molecule has 0 saturated heterocycles. The van der Waals surface area contributed by atoms with Crippen molar-refractivity contribution in [2.24, 2.45) is 0 Å². The van der Waals surface area contributed by atoms with Crippen LogP contribution in [0.2, 0.25) is 0 Å². The maximum atomic E-state index is 12.4. The summed E-state index contributed by atoms with van der Waals surface area (Å²) in [4.78, 5) is 16.8. The molecule has 0 aliphatic rings. The monoisotopic (exact) mass is 423 g/mol. The fourth-order valence-corrected chi connectivity index (χ4v) is 3.52. The number of nitrogens with one attached hydrogen (secondary N) is 1. The number of rotatable bonds is 8. The summed E-state index contributed by atoms with van der Waals surface area (Å²) in [6, 6.07) is 13.0. The van der Waals surface area contributed by atoms with E-state index >= 15 is 0 Å².